The minimum absolute atomic E-state index is 0.0106. The Morgan fingerprint density at radius 2 is 0.848 bits per heavy atom. The Balaban J connectivity index is 4.70. The van der Waals surface area contributed by atoms with Crippen LogP contribution in [-0.2, 0) is 14.3 Å². The van der Waals surface area contributed by atoms with Crippen LogP contribution in [0.5, 0.6) is 0 Å². The summed E-state index contributed by atoms with van der Waals surface area (Å²) in [6.07, 6.45) is 70.6. The number of aliphatic hydroxyl groups is 2. The lowest BCUT2D eigenvalue weighted by atomic mass is 10.0. The van der Waals surface area contributed by atoms with E-state index in [4.69, 9.17) is 4.74 Å². The topological polar surface area (TPSA) is 95.9 Å². The highest BCUT2D eigenvalue weighted by molar-refractivity contribution is 5.77. The first-order valence-corrected chi connectivity index (χ1v) is 27.5. The fourth-order valence-corrected chi connectivity index (χ4v) is 7.82. The fraction of sp³-hybridized carbons (Fsp3) is 0.700. The molecule has 0 radical (unpaired) electrons. The van der Waals surface area contributed by atoms with Crippen molar-refractivity contribution in [3.8, 4) is 0 Å². The molecule has 3 N–H and O–H groups in total. The van der Waals surface area contributed by atoms with E-state index < -0.39 is 18.2 Å². The van der Waals surface area contributed by atoms with Crippen LogP contribution in [0.1, 0.15) is 245 Å². The van der Waals surface area contributed by atoms with Gasteiger partial charge in [-0.1, -0.05) is 246 Å². The van der Waals surface area contributed by atoms with Crippen molar-refractivity contribution < 1.29 is 24.5 Å². The summed E-state index contributed by atoms with van der Waals surface area (Å²) in [5.41, 5.74) is 0. The van der Waals surface area contributed by atoms with Crippen molar-refractivity contribution >= 4 is 11.9 Å². The number of rotatable bonds is 48. The predicted molar refractivity (Wildman–Crippen MR) is 287 cm³/mol. The van der Waals surface area contributed by atoms with E-state index >= 15 is 0 Å². The lowest BCUT2D eigenvalue weighted by Gasteiger charge is -2.24. The van der Waals surface area contributed by atoms with Gasteiger partial charge in [-0.05, 0) is 77.0 Å². The van der Waals surface area contributed by atoms with Crippen molar-refractivity contribution in [1.82, 2.24) is 5.32 Å². The molecule has 6 heteroatoms. The van der Waals surface area contributed by atoms with Gasteiger partial charge in [0.05, 0.1) is 25.2 Å². The number of allylic oxidation sites excluding steroid dienone is 15. The van der Waals surface area contributed by atoms with Gasteiger partial charge in [0.15, 0.2) is 0 Å². The molecule has 0 saturated heterocycles. The predicted octanol–water partition coefficient (Wildman–Crippen LogP) is 16.9. The van der Waals surface area contributed by atoms with Gasteiger partial charge in [-0.15, -0.1) is 0 Å². The summed E-state index contributed by atoms with van der Waals surface area (Å²) in [6.45, 7) is 6.24. The van der Waals surface area contributed by atoms with E-state index in [1.807, 2.05) is 12.2 Å². The monoisotopic (exact) mass is 918 g/mol. The van der Waals surface area contributed by atoms with Crippen LogP contribution in [0.15, 0.2) is 97.2 Å². The van der Waals surface area contributed by atoms with E-state index in [-0.39, 0.29) is 24.9 Å². The molecule has 66 heavy (non-hydrogen) atoms. The van der Waals surface area contributed by atoms with Crippen molar-refractivity contribution in [2.75, 3.05) is 6.61 Å². The Hall–Kier alpha value is -3.22. The Kier molecular flexibility index (Phi) is 50.2. The van der Waals surface area contributed by atoms with Crippen molar-refractivity contribution in [3.63, 3.8) is 0 Å². The van der Waals surface area contributed by atoms with Gasteiger partial charge in [0.2, 0.25) is 5.91 Å². The second-order valence-electron chi connectivity index (χ2n) is 18.2. The molecule has 0 aliphatic carbocycles. The maximum Gasteiger partial charge on any atom is 0.306 e. The molecule has 0 aromatic carbocycles. The van der Waals surface area contributed by atoms with Gasteiger partial charge < -0.3 is 20.3 Å². The number of amides is 1. The van der Waals surface area contributed by atoms with Crippen LogP contribution in [0.25, 0.3) is 0 Å². The largest absolute Gasteiger partial charge is 0.461 e. The van der Waals surface area contributed by atoms with Crippen LogP contribution in [0.4, 0.5) is 0 Å². The number of unbranched alkanes of at least 4 members (excludes halogenated alkanes) is 21. The number of hydrogen-bond acceptors (Lipinski definition) is 5. The highest BCUT2D eigenvalue weighted by Gasteiger charge is 2.23. The smallest absolute Gasteiger partial charge is 0.306 e. The van der Waals surface area contributed by atoms with Crippen molar-refractivity contribution in [1.29, 1.82) is 0 Å². The summed E-state index contributed by atoms with van der Waals surface area (Å²) in [4.78, 5) is 26.2. The third kappa shape index (κ3) is 47.3. The molecule has 1 amide bonds. The minimum atomic E-state index is -0.820. The lowest BCUT2D eigenvalue weighted by Crippen LogP contribution is -2.46. The van der Waals surface area contributed by atoms with E-state index in [0.29, 0.717) is 19.3 Å². The number of carbonyl (C=O) groups is 2. The number of ether oxygens (including phenoxy) is 1. The maximum absolute atomic E-state index is 13.2. The number of aliphatic hydroxyl groups excluding tert-OH is 2. The van der Waals surface area contributed by atoms with Crippen LogP contribution < -0.4 is 5.32 Å². The molecule has 0 bridgehead atoms. The van der Waals surface area contributed by atoms with Gasteiger partial charge in [-0.25, -0.2) is 0 Å². The first-order valence-electron chi connectivity index (χ1n) is 27.5. The summed E-state index contributed by atoms with van der Waals surface area (Å²) >= 11 is 0. The summed E-state index contributed by atoms with van der Waals surface area (Å²) in [5.74, 6) is -0.598. The third-order valence-electron chi connectivity index (χ3n) is 11.9. The second kappa shape index (κ2) is 52.7. The normalized spacial score (nSPS) is 14.0. The zero-order chi connectivity index (χ0) is 48.1. The van der Waals surface area contributed by atoms with Crippen LogP contribution in [0.3, 0.4) is 0 Å². The molecule has 3 unspecified atom stereocenters. The van der Waals surface area contributed by atoms with E-state index in [2.05, 4.69) is 111 Å². The number of esters is 1. The zero-order valence-corrected chi connectivity index (χ0v) is 43.0. The molecular formula is C60H103NO5. The molecule has 0 saturated carbocycles. The molecular weight excluding hydrogens is 815 g/mol. The minimum Gasteiger partial charge on any atom is -0.461 e. The summed E-state index contributed by atoms with van der Waals surface area (Å²) in [5, 5.41) is 23.8. The maximum atomic E-state index is 13.2. The summed E-state index contributed by atoms with van der Waals surface area (Å²) < 4.78 is 5.88. The Bertz CT molecular complexity index is 1310. The van der Waals surface area contributed by atoms with E-state index in [1.165, 1.54) is 96.3 Å². The summed E-state index contributed by atoms with van der Waals surface area (Å²) in [6, 6.07) is -0.741. The average molecular weight is 918 g/mol. The fourth-order valence-electron chi connectivity index (χ4n) is 7.82. The Labute approximate surface area is 407 Å². The molecule has 0 aliphatic rings. The molecule has 0 heterocycles. The SMILES string of the molecule is CC/C=C\C/C=C\C/C=C\C/C=C\C/C=C\CC(CC(=O)NC(CO)C(O)CCCCCCCCCCCCCCCCCC)OC(=O)CCCCCCCC/C=C/C/C=C/C/C=C/CC. The van der Waals surface area contributed by atoms with Gasteiger partial charge in [0.25, 0.3) is 0 Å². The van der Waals surface area contributed by atoms with E-state index in [9.17, 15) is 19.8 Å². The van der Waals surface area contributed by atoms with Crippen LogP contribution in [-0.4, -0.2) is 46.9 Å². The average Bonchev–Trinajstić information content (AvgIpc) is 3.31. The summed E-state index contributed by atoms with van der Waals surface area (Å²) in [7, 11) is 0. The van der Waals surface area contributed by atoms with Crippen LogP contribution in [0.2, 0.25) is 0 Å². The van der Waals surface area contributed by atoms with Crippen molar-refractivity contribution in [3.05, 3.63) is 97.2 Å². The molecule has 0 spiro atoms. The highest BCUT2D eigenvalue weighted by Crippen LogP contribution is 2.17. The molecule has 0 rings (SSSR count). The van der Waals surface area contributed by atoms with Gasteiger partial charge in [0, 0.05) is 12.8 Å². The first kappa shape index (κ1) is 62.8. The van der Waals surface area contributed by atoms with Gasteiger partial charge in [0.1, 0.15) is 6.10 Å². The first-order chi connectivity index (χ1) is 32.5. The second-order valence-corrected chi connectivity index (χ2v) is 18.2. The molecule has 378 valence electrons. The van der Waals surface area contributed by atoms with Gasteiger partial charge >= 0.3 is 5.97 Å². The number of carbonyl (C=O) groups excluding carboxylic acids is 2. The standard InChI is InChI=1S/C60H103NO5/c1-4-7-10-13-16-19-22-25-28-31-34-37-40-43-46-49-52-58(63)57(55-62)61-59(64)54-56(51-48-45-42-39-36-33-30-27-24-21-18-15-12-9-6-3)66-60(65)53-50-47-44-41-38-35-32-29-26-23-20-17-14-11-8-5-2/h8-9,11-12,17-18,20-21,26-27,29-30,36,39,45,48,56-58,62-63H,4-7,10,13-16,19,22-25,28,31-35,37-38,40-44,46-47,49-55H2,1-3H3,(H,61,64)/b11-8+,12-9-,20-17+,21-18-,29-26+,30-27-,39-36-,48-45-. The quantitative estimate of drug-likeness (QED) is 0.0321. The zero-order valence-electron chi connectivity index (χ0n) is 43.0. The van der Waals surface area contributed by atoms with Crippen LogP contribution in [0, 0.1) is 0 Å². The van der Waals surface area contributed by atoms with Crippen molar-refractivity contribution in [2.24, 2.45) is 0 Å². The van der Waals surface area contributed by atoms with Gasteiger partial charge in [-0.3, -0.25) is 9.59 Å². The Morgan fingerprint density at radius 3 is 1.29 bits per heavy atom. The number of hydrogen-bond donors (Lipinski definition) is 3. The molecule has 0 aromatic heterocycles. The molecule has 0 aromatic rings. The molecule has 6 nitrogen and oxygen atoms in total. The molecule has 0 aliphatic heterocycles. The third-order valence-corrected chi connectivity index (χ3v) is 11.9. The molecule has 3 atom stereocenters. The highest BCUT2D eigenvalue weighted by atomic mass is 16.5. The van der Waals surface area contributed by atoms with E-state index in [0.717, 1.165) is 103 Å². The Morgan fingerprint density at radius 1 is 0.470 bits per heavy atom. The lowest BCUT2D eigenvalue weighted by molar-refractivity contribution is -0.150. The van der Waals surface area contributed by atoms with Crippen molar-refractivity contribution in [2.45, 2.75) is 264 Å². The van der Waals surface area contributed by atoms with E-state index in [1.54, 1.807) is 0 Å². The van der Waals surface area contributed by atoms with Gasteiger partial charge in [-0.2, -0.15) is 0 Å². The number of nitrogens with one attached hydrogen (secondary N) is 1. The van der Waals surface area contributed by atoms with Crippen LogP contribution >= 0.6 is 0 Å². The molecule has 0 fully saturated rings.